The SMILES string of the molecule is CC(C)c1ccnc(C(C)CCC(C)c2cnnc(C(C)C)c2N)c1N. The molecule has 4 N–H and O–H groups in total. The fourth-order valence-electron chi connectivity index (χ4n) is 3.44. The van der Waals surface area contributed by atoms with E-state index in [0.717, 1.165) is 41.2 Å². The molecular formula is C21H33N5. The average molecular weight is 356 g/mol. The van der Waals surface area contributed by atoms with E-state index < -0.39 is 0 Å². The third-order valence-electron chi connectivity index (χ3n) is 5.20. The zero-order chi connectivity index (χ0) is 19.4. The number of nitrogens with zero attached hydrogens (tertiary/aromatic N) is 3. The summed E-state index contributed by atoms with van der Waals surface area (Å²) in [7, 11) is 0. The second-order valence-corrected chi connectivity index (χ2v) is 7.99. The number of rotatable bonds is 7. The highest BCUT2D eigenvalue weighted by Crippen LogP contribution is 2.34. The molecule has 2 aromatic rings. The predicted octanol–water partition coefficient (Wildman–Crippen LogP) is 4.97. The van der Waals surface area contributed by atoms with E-state index in [4.69, 9.17) is 11.5 Å². The maximum Gasteiger partial charge on any atom is 0.0888 e. The monoisotopic (exact) mass is 355 g/mol. The normalized spacial score (nSPS) is 14.0. The van der Waals surface area contributed by atoms with Crippen LogP contribution in [0.4, 0.5) is 11.4 Å². The summed E-state index contributed by atoms with van der Waals surface area (Å²) >= 11 is 0. The first-order valence-corrected chi connectivity index (χ1v) is 9.59. The molecule has 0 aliphatic carbocycles. The lowest BCUT2D eigenvalue weighted by atomic mass is 9.88. The van der Waals surface area contributed by atoms with Gasteiger partial charge in [0.05, 0.1) is 29.0 Å². The van der Waals surface area contributed by atoms with Gasteiger partial charge in [-0.25, -0.2) is 0 Å². The molecule has 0 saturated carbocycles. The Morgan fingerprint density at radius 3 is 2.04 bits per heavy atom. The minimum Gasteiger partial charge on any atom is -0.397 e. The zero-order valence-corrected chi connectivity index (χ0v) is 17.0. The van der Waals surface area contributed by atoms with Gasteiger partial charge in [0.15, 0.2) is 0 Å². The van der Waals surface area contributed by atoms with Gasteiger partial charge in [-0.15, -0.1) is 0 Å². The van der Waals surface area contributed by atoms with Crippen LogP contribution in [0.25, 0.3) is 0 Å². The Hall–Kier alpha value is -2.17. The minimum atomic E-state index is 0.274. The molecule has 0 aliphatic rings. The maximum atomic E-state index is 6.38. The lowest BCUT2D eigenvalue weighted by Gasteiger charge is -2.20. The van der Waals surface area contributed by atoms with Crippen LogP contribution in [0.3, 0.4) is 0 Å². The Bertz CT molecular complexity index is 676. The Labute approximate surface area is 157 Å². The second-order valence-electron chi connectivity index (χ2n) is 7.99. The molecule has 0 radical (unpaired) electrons. The molecule has 5 nitrogen and oxygen atoms in total. The number of nitrogen functional groups attached to an aromatic ring is 2. The molecule has 0 bridgehead atoms. The molecule has 0 aromatic carbocycles. The summed E-state index contributed by atoms with van der Waals surface area (Å²) in [5, 5.41) is 8.36. The first-order valence-electron chi connectivity index (χ1n) is 9.59. The van der Waals surface area contributed by atoms with Crippen molar-refractivity contribution in [2.45, 2.75) is 78.1 Å². The highest BCUT2D eigenvalue weighted by atomic mass is 15.1. The predicted molar refractivity (Wildman–Crippen MR) is 109 cm³/mol. The Balaban J connectivity index is 2.12. The molecular weight excluding hydrogens is 322 g/mol. The van der Waals surface area contributed by atoms with Gasteiger partial charge in [0.2, 0.25) is 0 Å². The third kappa shape index (κ3) is 4.32. The van der Waals surface area contributed by atoms with Crippen molar-refractivity contribution >= 4 is 11.4 Å². The molecule has 2 heterocycles. The van der Waals surface area contributed by atoms with Gasteiger partial charge < -0.3 is 11.5 Å². The number of hydrogen-bond acceptors (Lipinski definition) is 5. The van der Waals surface area contributed by atoms with E-state index in [0.29, 0.717) is 17.8 Å². The maximum absolute atomic E-state index is 6.38. The van der Waals surface area contributed by atoms with Gasteiger partial charge in [0.25, 0.3) is 0 Å². The van der Waals surface area contributed by atoms with Crippen molar-refractivity contribution in [1.29, 1.82) is 0 Å². The standard InChI is InChI=1S/C21H33N5/c1-12(2)16-9-10-24-21(18(16)22)15(6)8-7-14(5)17-11-25-26-20(13(3)4)19(17)23/h9-15H,7-8,22H2,1-6H3,(H2,23,25). The van der Waals surface area contributed by atoms with Crippen LogP contribution in [-0.2, 0) is 0 Å². The van der Waals surface area contributed by atoms with Crippen molar-refractivity contribution in [3.05, 3.63) is 41.0 Å². The van der Waals surface area contributed by atoms with Crippen molar-refractivity contribution in [2.24, 2.45) is 0 Å². The summed E-state index contributed by atoms with van der Waals surface area (Å²) in [4.78, 5) is 4.55. The lowest BCUT2D eigenvalue weighted by Crippen LogP contribution is -2.10. The van der Waals surface area contributed by atoms with Crippen LogP contribution in [0.5, 0.6) is 0 Å². The van der Waals surface area contributed by atoms with E-state index in [1.165, 1.54) is 5.56 Å². The number of anilines is 2. The molecule has 2 aromatic heterocycles. The number of pyridine rings is 1. The largest absolute Gasteiger partial charge is 0.397 e. The van der Waals surface area contributed by atoms with E-state index >= 15 is 0 Å². The van der Waals surface area contributed by atoms with Crippen LogP contribution in [0, 0.1) is 0 Å². The van der Waals surface area contributed by atoms with Crippen molar-refractivity contribution in [1.82, 2.24) is 15.2 Å². The molecule has 0 aliphatic heterocycles. The van der Waals surface area contributed by atoms with Crippen molar-refractivity contribution in [3.63, 3.8) is 0 Å². The summed E-state index contributed by atoms with van der Waals surface area (Å²) < 4.78 is 0. The Morgan fingerprint density at radius 1 is 0.808 bits per heavy atom. The summed E-state index contributed by atoms with van der Waals surface area (Å²) in [5.41, 5.74) is 18.5. The van der Waals surface area contributed by atoms with Crippen LogP contribution in [0.15, 0.2) is 18.5 Å². The summed E-state index contributed by atoms with van der Waals surface area (Å²) in [6.45, 7) is 12.9. The number of aromatic nitrogens is 3. The number of hydrogen-bond donors (Lipinski definition) is 2. The molecule has 26 heavy (non-hydrogen) atoms. The Kier molecular flexibility index (Phi) is 6.57. The molecule has 2 rings (SSSR count). The summed E-state index contributed by atoms with van der Waals surface area (Å²) in [6, 6.07) is 2.02. The van der Waals surface area contributed by atoms with E-state index in [9.17, 15) is 0 Å². The number of nitrogens with two attached hydrogens (primary N) is 2. The minimum absolute atomic E-state index is 0.274. The molecule has 5 heteroatoms. The molecule has 0 amide bonds. The van der Waals surface area contributed by atoms with Crippen LogP contribution < -0.4 is 11.5 Å². The van der Waals surface area contributed by atoms with Gasteiger partial charge in [-0.2, -0.15) is 10.2 Å². The quantitative estimate of drug-likeness (QED) is 0.731. The van der Waals surface area contributed by atoms with Gasteiger partial charge in [-0.05, 0) is 47.8 Å². The highest BCUT2D eigenvalue weighted by molar-refractivity contribution is 5.53. The highest BCUT2D eigenvalue weighted by Gasteiger charge is 2.19. The first-order chi connectivity index (χ1) is 12.2. The molecule has 0 fully saturated rings. The molecule has 142 valence electrons. The molecule has 2 unspecified atom stereocenters. The molecule has 0 spiro atoms. The summed E-state index contributed by atoms with van der Waals surface area (Å²) in [5.74, 6) is 1.30. The van der Waals surface area contributed by atoms with Crippen molar-refractivity contribution in [2.75, 3.05) is 11.5 Å². The van der Waals surface area contributed by atoms with Crippen molar-refractivity contribution in [3.8, 4) is 0 Å². The van der Waals surface area contributed by atoms with E-state index in [1.807, 2.05) is 18.5 Å². The smallest absolute Gasteiger partial charge is 0.0888 e. The van der Waals surface area contributed by atoms with E-state index in [1.54, 1.807) is 0 Å². The van der Waals surface area contributed by atoms with Gasteiger partial charge in [0.1, 0.15) is 0 Å². The first kappa shape index (κ1) is 20.1. The van der Waals surface area contributed by atoms with Crippen LogP contribution in [-0.4, -0.2) is 15.2 Å². The Morgan fingerprint density at radius 2 is 1.42 bits per heavy atom. The molecule has 2 atom stereocenters. The third-order valence-corrected chi connectivity index (χ3v) is 5.20. The van der Waals surface area contributed by atoms with Gasteiger partial charge in [-0.1, -0.05) is 41.5 Å². The van der Waals surface area contributed by atoms with E-state index in [2.05, 4.69) is 56.7 Å². The lowest BCUT2D eigenvalue weighted by molar-refractivity contribution is 0.564. The topological polar surface area (TPSA) is 90.7 Å². The van der Waals surface area contributed by atoms with Crippen LogP contribution in [0.2, 0.25) is 0 Å². The van der Waals surface area contributed by atoms with Gasteiger partial charge >= 0.3 is 0 Å². The van der Waals surface area contributed by atoms with Crippen molar-refractivity contribution < 1.29 is 0 Å². The summed E-state index contributed by atoms with van der Waals surface area (Å²) in [6.07, 6.45) is 5.68. The van der Waals surface area contributed by atoms with Gasteiger partial charge in [-0.3, -0.25) is 4.98 Å². The second kappa shape index (κ2) is 8.47. The fourth-order valence-corrected chi connectivity index (χ4v) is 3.44. The molecule has 0 saturated heterocycles. The van der Waals surface area contributed by atoms with Crippen LogP contribution >= 0.6 is 0 Å². The van der Waals surface area contributed by atoms with Crippen LogP contribution in [0.1, 0.15) is 101 Å². The van der Waals surface area contributed by atoms with E-state index in [-0.39, 0.29) is 5.92 Å². The van der Waals surface area contributed by atoms with Gasteiger partial charge in [0, 0.05) is 12.1 Å². The fraction of sp³-hybridized carbons (Fsp3) is 0.571. The zero-order valence-electron chi connectivity index (χ0n) is 17.0. The average Bonchev–Trinajstić information content (AvgIpc) is 2.59.